The summed E-state index contributed by atoms with van der Waals surface area (Å²) >= 11 is 7.73. The molecule has 2 aromatic carbocycles. The van der Waals surface area contributed by atoms with Crippen LogP contribution in [0.15, 0.2) is 48.2 Å². The third-order valence-corrected chi connectivity index (χ3v) is 6.44. The molecule has 1 aromatic heterocycles. The minimum Gasteiger partial charge on any atom is -0.508 e. The number of phenols is 1. The molecule has 0 saturated carbocycles. The third-order valence-electron chi connectivity index (χ3n) is 5.11. The summed E-state index contributed by atoms with van der Waals surface area (Å²) in [5.74, 6) is -1.11. The van der Waals surface area contributed by atoms with Gasteiger partial charge in [-0.05, 0) is 68.2 Å². The summed E-state index contributed by atoms with van der Waals surface area (Å²) in [6.45, 7) is 3.67. The summed E-state index contributed by atoms with van der Waals surface area (Å²) in [5.41, 5.74) is 2.30. The molecule has 178 valence electrons. The van der Waals surface area contributed by atoms with Crippen molar-refractivity contribution in [3.8, 4) is 5.75 Å². The van der Waals surface area contributed by atoms with Crippen molar-refractivity contribution in [2.45, 2.75) is 32.8 Å². The topological polar surface area (TPSA) is 109 Å². The fourth-order valence-electron chi connectivity index (χ4n) is 3.36. The number of aryl methyl sites for hydroxylation is 3. The van der Waals surface area contributed by atoms with Gasteiger partial charge in [-0.15, -0.1) is 11.3 Å². The molecule has 0 saturated heterocycles. The van der Waals surface area contributed by atoms with Crippen LogP contribution in [0, 0.1) is 13.8 Å². The van der Waals surface area contributed by atoms with Crippen LogP contribution in [0.1, 0.15) is 49.6 Å². The number of nitrogens with one attached hydrogen (secondary N) is 1. The Kier molecular flexibility index (Phi) is 8.44. The molecule has 0 aliphatic rings. The quantitative estimate of drug-likeness (QED) is 0.305. The molecule has 0 aliphatic carbocycles. The van der Waals surface area contributed by atoms with Crippen molar-refractivity contribution in [2.24, 2.45) is 0 Å². The highest BCUT2D eigenvalue weighted by molar-refractivity contribution is 7.12. The Balaban J connectivity index is 1.74. The standard InChI is InChI=1S/C25H25ClN2O5S/c1-14-23(34-15(2)27-14)13-21(25(32)33-3)28-24(31)19-9-8-17(12-20(19)26)22(30)10-7-16-5-4-6-18(29)11-16/h4-6,8-9,11-13,22,29-30H,7,10H2,1-3H3,(H,28,31). The number of benzene rings is 2. The molecule has 0 spiro atoms. The number of aliphatic hydroxyl groups excluding tert-OH is 1. The van der Waals surface area contributed by atoms with Crippen molar-refractivity contribution in [3.63, 3.8) is 0 Å². The molecule has 1 amide bonds. The Labute approximate surface area is 206 Å². The summed E-state index contributed by atoms with van der Waals surface area (Å²) in [5, 5.41) is 23.7. The number of aromatic hydroxyl groups is 1. The van der Waals surface area contributed by atoms with Gasteiger partial charge in [-0.3, -0.25) is 4.79 Å². The van der Waals surface area contributed by atoms with E-state index in [9.17, 15) is 19.8 Å². The number of methoxy groups -OCH3 is 1. The van der Waals surface area contributed by atoms with Crippen molar-refractivity contribution in [1.29, 1.82) is 0 Å². The summed E-state index contributed by atoms with van der Waals surface area (Å²) in [4.78, 5) is 30.1. The van der Waals surface area contributed by atoms with Gasteiger partial charge in [0.05, 0.1) is 39.4 Å². The number of hydrogen-bond donors (Lipinski definition) is 3. The normalized spacial score (nSPS) is 12.3. The van der Waals surface area contributed by atoms with E-state index in [1.54, 1.807) is 24.3 Å². The lowest BCUT2D eigenvalue weighted by Crippen LogP contribution is -2.28. The number of phenolic OH excluding ortho intramolecular Hbond substituents is 1. The van der Waals surface area contributed by atoms with E-state index in [1.165, 1.54) is 36.7 Å². The zero-order valence-corrected chi connectivity index (χ0v) is 20.5. The van der Waals surface area contributed by atoms with Crippen molar-refractivity contribution >= 4 is 40.9 Å². The zero-order valence-electron chi connectivity index (χ0n) is 19.0. The van der Waals surface area contributed by atoms with Crippen LogP contribution in [0.25, 0.3) is 6.08 Å². The Morgan fingerprint density at radius 1 is 1.24 bits per heavy atom. The van der Waals surface area contributed by atoms with E-state index >= 15 is 0 Å². The monoisotopic (exact) mass is 500 g/mol. The van der Waals surface area contributed by atoms with Gasteiger partial charge in [0.15, 0.2) is 0 Å². The fourth-order valence-corrected chi connectivity index (χ4v) is 4.51. The number of aromatic nitrogens is 1. The Morgan fingerprint density at radius 2 is 2.00 bits per heavy atom. The Bertz CT molecular complexity index is 1240. The van der Waals surface area contributed by atoms with E-state index < -0.39 is 18.0 Å². The summed E-state index contributed by atoms with van der Waals surface area (Å²) in [6, 6.07) is 11.5. The van der Waals surface area contributed by atoms with Crippen LogP contribution in [0.5, 0.6) is 5.75 Å². The lowest BCUT2D eigenvalue weighted by Gasteiger charge is -2.14. The van der Waals surface area contributed by atoms with Crippen LogP contribution in [0.3, 0.4) is 0 Å². The first-order valence-electron chi connectivity index (χ1n) is 10.5. The second-order valence-corrected chi connectivity index (χ2v) is 9.29. The van der Waals surface area contributed by atoms with Gasteiger partial charge in [0.25, 0.3) is 5.91 Å². The maximum Gasteiger partial charge on any atom is 0.354 e. The number of aliphatic hydroxyl groups is 1. The average molecular weight is 501 g/mol. The maximum absolute atomic E-state index is 12.9. The predicted octanol–water partition coefficient (Wildman–Crippen LogP) is 4.73. The van der Waals surface area contributed by atoms with Gasteiger partial charge in [-0.1, -0.05) is 29.8 Å². The number of carbonyl (C=O) groups excluding carboxylic acids is 2. The number of thiazole rings is 1. The Morgan fingerprint density at radius 3 is 2.62 bits per heavy atom. The molecule has 1 atom stereocenters. The number of hydrogen-bond acceptors (Lipinski definition) is 7. The first kappa shape index (κ1) is 25.4. The van der Waals surface area contributed by atoms with Gasteiger partial charge in [0.2, 0.25) is 0 Å². The van der Waals surface area contributed by atoms with Gasteiger partial charge in [-0.25, -0.2) is 9.78 Å². The van der Waals surface area contributed by atoms with Gasteiger partial charge in [0.1, 0.15) is 11.4 Å². The number of amides is 1. The molecule has 1 unspecified atom stereocenters. The predicted molar refractivity (Wildman–Crippen MR) is 132 cm³/mol. The van der Waals surface area contributed by atoms with E-state index in [-0.39, 0.29) is 22.0 Å². The molecule has 3 N–H and O–H groups in total. The molecule has 9 heteroatoms. The molecule has 3 aromatic rings. The van der Waals surface area contributed by atoms with Gasteiger partial charge in [0, 0.05) is 0 Å². The molecule has 0 fully saturated rings. The van der Waals surface area contributed by atoms with Gasteiger partial charge in [-0.2, -0.15) is 0 Å². The maximum atomic E-state index is 12.9. The number of halogens is 1. The molecular formula is C25H25ClN2O5S. The molecule has 0 bridgehead atoms. The first-order valence-corrected chi connectivity index (χ1v) is 11.7. The van der Waals surface area contributed by atoms with Crippen LogP contribution in [-0.2, 0) is 16.0 Å². The van der Waals surface area contributed by atoms with Crippen molar-refractivity contribution in [1.82, 2.24) is 10.3 Å². The van der Waals surface area contributed by atoms with E-state index in [4.69, 9.17) is 16.3 Å². The average Bonchev–Trinajstić information content (AvgIpc) is 3.12. The molecular weight excluding hydrogens is 476 g/mol. The van der Waals surface area contributed by atoms with Gasteiger partial charge < -0.3 is 20.3 Å². The van der Waals surface area contributed by atoms with Crippen LogP contribution in [-0.4, -0.2) is 34.2 Å². The fraction of sp³-hybridized carbons (Fsp3) is 0.240. The summed E-state index contributed by atoms with van der Waals surface area (Å²) < 4.78 is 4.80. The van der Waals surface area contributed by atoms with E-state index in [2.05, 4.69) is 10.3 Å². The van der Waals surface area contributed by atoms with Crippen molar-refractivity contribution in [3.05, 3.63) is 85.5 Å². The molecule has 0 radical (unpaired) electrons. The number of ether oxygens (including phenoxy) is 1. The SMILES string of the molecule is COC(=O)C(=Cc1sc(C)nc1C)NC(=O)c1ccc(C(O)CCc2cccc(O)c2)cc1Cl. The lowest BCUT2D eigenvalue weighted by atomic mass is 10.00. The van der Waals surface area contributed by atoms with Crippen LogP contribution >= 0.6 is 22.9 Å². The van der Waals surface area contributed by atoms with E-state index in [0.717, 1.165) is 21.1 Å². The number of esters is 1. The van der Waals surface area contributed by atoms with Crippen LogP contribution < -0.4 is 5.32 Å². The molecule has 3 rings (SSSR count). The van der Waals surface area contributed by atoms with Crippen molar-refractivity contribution < 1.29 is 24.5 Å². The third kappa shape index (κ3) is 6.44. The van der Waals surface area contributed by atoms with E-state index in [1.807, 2.05) is 19.9 Å². The van der Waals surface area contributed by atoms with Crippen LogP contribution in [0.2, 0.25) is 5.02 Å². The minimum atomic E-state index is -0.806. The summed E-state index contributed by atoms with van der Waals surface area (Å²) in [7, 11) is 1.23. The molecule has 1 heterocycles. The first-order chi connectivity index (χ1) is 16.2. The van der Waals surface area contributed by atoms with E-state index in [0.29, 0.717) is 18.4 Å². The minimum absolute atomic E-state index is 0.0365. The summed E-state index contributed by atoms with van der Waals surface area (Å²) in [6.07, 6.45) is 1.69. The number of rotatable bonds is 8. The number of carbonyl (C=O) groups is 2. The molecule has 34 heavy (non-hydrogen) atoms. The highest BCUT2D eigenvalue weighted by Crippen LogP contribution is 2.26. The zero-order chi connectivity index (χ0) is 24.8. The Hall–Kier alpha value is -3.20. The molecule has 7 nitrogen and oxygen atoms in total. The second-order valence-electron chi connectivity index (χ2n) is 7.65. The van der Waals surface area contributed by atoms with Crippen LogP contribution in [0.4, 0.5) is 0 Å². The lowest BCUT2D eigenvalue weighted by molar-refractivity contribution is -0.136. The van der Waals surface area contributed by atoms with Crippen molar-refractivity contribution in [2.75, 3.05) is 7.11 Å². The van der Waals surface area contributed by atoms with Gasteiger partial charge >= 0.3 is 5.97 Å². The highest BCUT2D eigenvalue weighted by Gasteiger charge is 2.19. The largest absolute Gasteiger partial charge is 0.508 e. The smallest absolute Gasteiger partial charge is 0.354 e. The number of nitrogens with zero attached hydrogens (tertiary/aromatic N) is 1. The second kappa shape index (κ2) is 11.3. The molecule has 0 aliphatic heterocycles. The highest BCUT2D eigenvalue weighted by atomic mass is 35.5.